The molecule has 0 spiro atoms. The predicted octanol–water partition coefficient (Wildman–Crippen LogP) is 3.27. The van der Waals surface area contributed by atoms with Crippen molar-refractivity contribution in [2.24, 2.45) is 0 Å². The molecular weight excluding hydrogens is 242 g/mol. The van der Waals surface area contributed by atoms with Gasteiger partial charge in [0.1, 0.15) is 5.82 Å². The standard InChI is InChI=1S/C14H17N3S/c15-14-9-13(16-17-14)12-3-1-10(2-4-12)11-5-7-18-8-6-11/h1-4,9,11H,5-8H2,(H3,15,16,17). The number of aromatic nitrogens is 2. The first kappa shape index (κ1) is 11.7. The van der Waals surface area contributed by atoms with E-state index >= 15 is 0 Å². The van der Waals surface area contributed by atoms with Crippen molar-refractivity contribution in [3.05, 3.63) is 35.9 Å². The Labute approximate surface area is 111 Å². The Morgan fingerprint density at radius 2 is 1.89 bits per heavy atom. The lowest BCUT2D eigenvalue weighted by Crippen LogP contribution is -2.07. The molecule has 3 N–H and O–H groups in total. The first-order valence-electron chi connectivity index (χ1n) is 6.32. The van der Waals surface area contributed by atoms with E-state index in [1.54, 1.807) is 0 Å². The molecule has 94 valence electrons. The predicted molar refractivity (Wildman–Crippen MR) is 77.7 cm³/mol. The second-order valence-corrected chi connectivity index (χ2v) is 5.94. The van der Waals surface area contributed by atoms with Crippen molar-refractivity contribution < 1.29 is 0 Å². The Kier molecular flexibility index (Phi) is 3.28. The molecule has 1 aliphatic rings. The van der Waals surface area contributed by atoms with Crippen LogP contribution in [0.3, 0.4) is 0 Å². The summed E-state index contributed by atoms with van der Waals surface area (Å²) in [6.45, 7) is 0. The van der Waals surface area contributed by atoms with Gasteiger partial charge in [0.25, 0.3) is 0 Å². The van der Waals surface area contributed by atoms with E-state index in [2.05, 4.69) is 46.2 Å². The highest BCUT2D eigenvalue weighted by molar-refractivity contribution is 7.99. The number of aromatic amines is 1. The Morgan fingerprint density at radius 1 is 1.17 bits per heavy atom. The van der Waals surface area contributed by atoms with E-state index in [9.17, 15) is 0 Å². The molecule has 1 saturated heterocycles. The molecular formula is C14H17N3S. The number of nitrogens with two attached hydrogens (primary N) is 1. The van der Waals surface area contributed by atoms with Crippen LogP contribution >= 0.6 is 11.8 Å². The minimum absolute atomic E-state index is 0.540. The molecule has 0 atom stereocenters. The molecule has 0 amide bonds. The zero-order chi connectivity index (χ0) is 12.4. The smallest absolute Gasteiger partial charge is 0.145 e. The van der Waals surface area contributed by atoms with Crippen molar-refractivity contribution in [2.45, 2.75) is 18.8 Å². The van der Waals surface area contributed by atoms with Crippen LogP contribution in [0.2, 0.25) is 0 Å². The third-order valence-electron chi connectivity index (χ3n) is 3.51. The van der Waals surface area contributed by atoms with Gasteiger partial charge in [0, 0.05) is 6.07 Å². The van der Waals surface area contributed by atoms with Gasteiger partial charge in [0.2, 0.25) is 0 Å². The Morgan fingerprint density at radius 3 is 2.50 bits per heavy atom. The van der Waals surface area contributed by atoms with Gasteiger partial charge in [-0.15, -0.1) is 0 Å². The first-order valence-corrected chi connectivity index (χ1v) is 7.47. The van der Waals surface area contributed by atoms with Crippen LogP contribution in [0.15, 0.2) is 30.3 Å². The highest BCUT2D eigenvalue weighted by Crippen LogP contribution is 2.32. The second kappa shape index (κ2) is 5.06. The summed E-state index contributed by atoms with van der Waals surface area (Å²) in [5.74, 6) is 3.87. The molecule has 1 aromatic carbocycles. The summed E-state index contributed by atoms with van der Waals surface area (Å²) in [6, 6.07) is 10.7. The molecule has 4 heteroatoms. The fourth-order valence-electron chi connectivity index (χ4n) is 2.45. The molecule has 3 nitrogen and oxygen atoms in total. The van der Waals surface area contributed by atoms with E-state index in [4.69, 9.17) is 5.73 Å². The van der Waals surface area contributed by atoms with Crippen molar-refractivity contribution in [1.82, 2.24) is 10.2 Å². The fraction of sp³-hybridized carbons (Fsp3) is 0.357. The maximum Gasteiger partial charge on any atom is 0.145 e. The van der Waals surface area contributed by atoms with Gasteiger partial charge in [0.05, 0.1) is 5.69 Å². The normalized spacial score (nSPS) is 16.9. The van der Waals surface area contributed by atoms with Crippen molar-refractivity contribution in [3.8, 4) is 11.3 Å². The molecule has 0 unspecified atom stereocenters. The summed E-state index contributed by atoms with van der Waals surface area (Å²) in [7, 11) is 0. The zero-order valence-corrected chi connectivity index (χ0v) is 11.0. The summed E-state index contributed by atoms with van der Waals surface area (Å²) in [6.07, 6.45) is 2.61. The number of nitrogens with one attached hydrogen (secondary N) is 1. The molecule has 0 radical (unpaired) electrons. The van der Waals surface area contributed by atoms with E-state index in [-0.39, 0.29) is 0 Å². The van der Waals surface area contributed by atoms with Crippen molar-refractivity contribution in [1.29, 1.82) is 0 Å². The number of hydrogen-bond acceptors (Lipinski definition) is 3. The van der Waals surface area contributed by atoms with Gasteiger partial charge in [-0.3, -0.25) is 5.10 Å². The summed E-state index contributed by atoms with van der Waals surface area (Å²) in [5, 5.41) is 6.90. The van der Waals surface area contributed by atoms with Crippen molar-refractivity contribution >= 4 is 17.6 Å². The minimum Gasteiger partial charge on any atom is -0.382 e. The number of H-pyrrole nitrogens is 1. The average molecular weight is 259 g/mol. The maximum atomic E-state index is 5.62. The maximum absolute atomic E-state index is 5.62. The number of nitrogens with zero attached hydrogens (tertiary/aromatic N) is 1. The topological polar surface area (TPSA) is 54.7 Å². The molecule has 1 fully saturated rings. The van der Waals surface area contributed by atoms with Gasteiger partial charge in [0.15, 0.2) is 0 Å². The Balaban J connectivity index is 1.80. The molecule has 0 bridgehead atoms. The third-order valence-corrected chi connectivity index (χ3v) is 4.56. The van der Waals surface area contributed by atoms with Crippen molar-refractivity contribution in [2.75, 3.05) is 17.2 Å². The van der Waals surface area contributed by atoms with Crippen LogP contribution in [0.5, 0.6) is 0 Å². The van der Waals surface area contributed by atoms with Gasteiger partial charge >= 0.3 is 0 Å². The largest absolute Gasteiger partial charge is 0.382 e. The van der Waals surface area contributed by atoms with E-state index in [1.807, 2.05) is 6.07 Å². The molecule has 2 heterocycles. The summed E-state index contributed by atoms with van der Waals surface area (Å²) < 4.78 is 0. The van der Waals surface area contributed by atoms with Crippen LogP contribution < -0.4 is 5.73 Å². The molecule has 0 aliphatic carbocycles. The SMILES string of the molecule is Nc1cc(-c2ccc(C3CCSCC3)cc2)[nH]n1. The lowest BCUT2D eigenvalue weighted by atomic mass is 9.92. The lowest BCUT2D eigenvalue weighted by molar-refractivity contribution is 0.637. The number of hydrogen-bond donors (Lipinski definition) is 2. The van der Waals surface area contributed by atoms with Gasteiger partial charge in [-0.25, -0.2) is 0 Å². The number of rotatable bonds is 2. The Hall–Kier alpha value is -1.42. The summed E-state index contributed by atoms with van der Waals surface area (Å²) in [4.78, 5) is 0. The highest BCUT2D eigenvalue weighted by Gasteiger charge is 2.15. The summed E-state index contributed by atoms with van der Waals surface area (Å²) >= 11 is 2.07. The van der Waals surface area contributed by atoms with Gasteiger partial charge in [-0.2, -0.15) is 16.9 Å². The number of thioether (sulfide) groups is 1. The van der Waals surface area contributed by atoms with Crippen LogP contribution in [0.1, 0.15) is 24.3 Å². The van der Waals surface area contributed by atoms with Crippen LogP contribution in [-0.2, 0) is 0 Å². The molecule has 0 saturated carbocycles. The van der Waals surface area contributed by atoms with Crippen LogP contribution in [-0.4, -0.2) is 21.7 Å². The zero-order valence-electron chi connectivity index (χ0n) is 10.2. The quantitative estimate of drug-likeness (QED) is 0.870. The Bertz CT molecular complexity index is 512. The number of nitrogen functional groups attached to an aromatic ring is 1. The van der Waals surface area contributed by atoms with Gasteiger partial charge < -0.3 is 5.73 Å². The fourth-order valence-corrected chi connectivity index (χ4v) is 3.56. The summed E-state index contributed by atoms with van der Waals surface area (Å²) in [5.41, 5.74) is 9.21. The molecule has 3 rings (SSSR count). The minimum atomic E-state index is 0.540. The van der Waals surface area contributed by atoms with Crippen LogP contribution in [0.4, 0.5) is 5.82 Å². The van der Waals surface area contributed by atoms with Crippen molar-refractivity contribution in [3.63, 3.8) is 0 Å². The van der Waals surface area contributed by atoms with Gasteiger partial charge in [-0.05, 0) is 41.4 Å². The monoisotopic (exact) mass is 259 g/mol. The molecule has 2 aromatic rings. The van der Waals surface area contributed by atoms with E-state index in [1.165, 1.54) is 29.9 Å². The van der Waals surface area contributed by atoms with Gasteiger partial charge in [-0.1, -0.05) is 24.3 Å². The van der Waals surface area contributed by atoms with E-state index < -0.39 is 0 Å². The average Bonchev–Trinajstić information content (AvgIpc) is 2.87. The third kappa shape index (κ3) is 2.38. The second-order valence-electron chi connectivity index (χ2n) is 4.72. The molecule has 1 aliphatic heterocycles. The van der Waals surface area contributed by atoms with E-state index in [0.717, 1.165) is 17.2 Å². The number of anilines is 1. The van der Waals surface area contributed by atoms with E-state index in [0.29, 0.717) is 5.82 Å². The van der Waals surface area contributed by atoms with Crippen LogP contribution in [0.25, 0.3) is 11.3 Å². The molecule has 18 heavy (non-hydrogen) atoms. The highest BCUT2D eigenvalue weighted by atomic mass is 32.2. The van der Waals surface area contributed by atoms with Crippen LogP contribution in [0, 0.1) is 0 Å². The lowest BCUT2D eigenvalue weighted by Gasteiger charge is -2.21. The first-order chi connectivity index (χ1) is 8.83. The molecule has 1 aromatic heterocycles. The number of benzene rings is 1.